The number of thiophene rings is 1. The summed E-state index contributed by atoms with van der Waals surface area (Å²) in [7, 11) is 0. The molecule has 0 spiro atoms. The highest BCUT2D eigenvalue weighted by atomic mass is 32.1. The van der Waals surface area contributed by atoms with E-state index >= 15 is 0 Å². The minimum absolute atomic E-state index is 0.379. The molecule has 0 aliphatic rings. The van der Waals surface area contributed by atoms with E-state index in [0.29, 0.717) is 17.6 Å². The molecule has 3 rings (SSSR count). The highest BCUT2D eigenvalue weighted by Crippen LogP contribution is 2.29. The van der Waals surface area contributed by atoms with Gasteiger partial charge in [-0.05, 0) is 26.3 Å². The van der Waals surface area contributed by atoms with Crippen LogP contribution in [0.15, 0.2) is 6.07 Å². The molecule has 0 aliphatic heterocycles. The molecule has 3 N–H and O–H groups in total. The van der Waals surface area contributed by atoms with Gasteiger partial charge in [-0.25, -0.2) is 15.8 Å². The summed E-state index contributed by atoms with van der Waals surface area (Å²) in [6.45, 7) is 5.87. The molecule has 7 nitrogen and oxygen atoms in total. The second-order valence-corrected chi connectivity index (χ2v) is 5.53. The van der Waals surface area contributed by atoms with Crippen molar-refractivity contribution in [3.8, 4) is 5.82 Å². The summed E-state index contributed by atoms with van der Waals surface area (Å²) in [4.78, 5) is 15.3. The average molecular weight is 289 g/mol. The molecule has 3 aromatic rings. The minimum atomic E-state index is 0.379. The Labute approximate surface area is 119 Å². The second-order valence-electron chi connectivity index (χ2n) is 4.42. The quantitative estimate of drug-likeness (QED) is 0.563. The average Bonchev–Trinajstić information content (AvgIpc) is 3.00. The smallest absolute Gasteiger partial charge is 0.240 e. The number of fused-ring (bicyclic) bond motifs is 1. The fraction of sp³-hybridized carbons (Fsp3) is 0.333. The van der Waals surface area contributed by atoms with E-state index in [-0.39, 0.29) is 0 Å². The van der Waals surface area contributed by atoms with E-state index in [2.05, 4.69) is 38.5 Å². The lowest BCUT2D eigenvalue weighted by Gasteiger charge is -2.06. The fourth-order valence-electron chi connectivity index (χ4n) is 2.08. The Hall–Kier alpha value is -2.06. The molecule has 8 heteroatoms. The normalized spacial score (nSPS) is 11.2. The van der Waals surface area contributed by atoms with E-state index in [0.717, 1.165) is 22.5 Å². The topological polar surface area (TPSA) is 94.5 Å². The predicted octanol–water partition coefficient (Wildman–Crippen LogP) is 1.74. The van der Waals surface area contributed by atoms with Gasteiger partial charge in [0.25, 0.3) is 0 Å². The largest absolute Gasteiger partial charge is 0.292 e. The van der Waals surface area contributed by atoms with E-state index in [9.17, 15) is 0 Å². The maximum Gasteiger partial charge on any atom is 0.240 e. The molecule has 104 valence electrons. The van der Waals surface area contributed by atoms with Crippen LogP contribution in [0.2, 0.25) is 0 Å². The number of nitrogens with zero attached hydrogens (tertiary/aromatic N) is 5. The molecule has 3 aromatic heterocycles. The highest BCUT2D eigenvalue weighted by molar-refractivity contribution is 7.18. The van der Waals surface area contributed by atoms with Crippen LogP contribution in [0.5, 0.6) is 0 Å². The number of nitrogens with one attached hydrogen (secondary N) is 1. The van der Waals surface area contributed by atoms with Gasteiger partial charge >= 0.3 is 0 Å². The lowest BCUT2D eigenvalue weighted by molar-refractivity contribution is 0.808. The fourth-order valence-corrected chi connectivity index (χ4v) is 3.04. The van der Waals surface area contributed by atoms with Gasteiger partial charge in [0, 0.05) is 4.88 Å². The lowest BCUT2D eigenvalue weighted by atomic mass is 10.3. The minimum Gasteiger partial charge on any atom is -0.292 e. The molecule has 20 heavy (non-hydrogen) atoms. The van der Waals surface area contributed by atoms with E-state index in [1.54, 1.807) is 16.0 Å². The number of nitrogen functional groups attached to an aromatic ring is 1. The third kappa shape index (κ3) is 2.02. The van der Waals surface area contributed by atoms with Crippen molar-refractivity contribution in [2.75, 3.05) is 5.43 Å². The van der Waals surface area contributed by atoms with Crippen molar-refractivity contribution in [3.05, 3.63) is 22.6 Å². The van der Waals surface area contributed by atoms with Crippen LogP contribution < -0.4 is 11.3 Å². The molecule has 0 atom stereocenters. The van der Waals surface area contributed by atoms with Crippen LogP contribution >= 0.6 is 11.3 Å². The molecular formula is C12H15N7S. The Balaban J connectivity index is 2.32. The molecule has 0 amide bonds. The first kappa shape index (κ1) is 12.9. The van der Waals surface area contributed by atoms with E-state index in [1.165, 1.54) is 4.88 Å². The third-order valence-corrected chi connectivity index (χ3v) is 4.15. The zero-order valence-corrected chi connectivity index (χ0v) is 12.3. The van der Waals surface area contributed by atoms with Gasteiger partial charge in [-0.15, -0.1) is 16.4 Å². The molecular weight excluding hydrogens is 274 g/mol. The summed E-state index contributed by atoms with van der Waals surface area (Å²) in [5.41, 5.74) is 2.51. The SMILES string of the molecule is CCc1cc2c(-n3nc(C)nc3C)nc(NN)nc2s1. The van der Waals surface area contributed by atoms with E-state index in [1.807, 2.05) is 13.8 Å². The number of anilines is 1. The standard InChI is InChI=1S/C12H15N7S/c1-4-8-5-9-10(19-7(3)14-6(2)18-19)15-12(17-13)16-11(9)20-8/h5H,4,13H2,1-3H3,(H,15,16,17). The van der Waals surface area contributed by atoms with Crippen LogP contribution in [0.4, 0.5) is 5.95 Å². The number of rotatable bonds is 3. The van der Waals surface area contributed by atoms with Gasteiger partial charge in [0.2, 0.25) is 5.95 Å². The van der Waals surface area contributed by atoms with Crippen LogP contribution in [0.25, 0.3) is 16.0 Å². The Morgan fingerprint density at radius 1 is 1.30 bits per heavy atom. The van der Waals surface area contributed by atoms with Gasteiger partial charge in [0.05, 0.1) is 5.39 Å². The first-order valence-electron chi connectivity index (χ1n) is 6.30. The van der Waals surface area contributed by atoms with Crippen molar-refractivity contribution in [3.63, 3.8) is 0 Å². The van der Waals surface area contributed by atoms with Gasteiger partial charge < -0.3 is 0 Å². The Morgan fingerprint density at radius 2 is 2.10 bits per heavy atom. The van der Waals surface area contributed by atoms with Crippen LogP contribution in [-0.4, -0.2) is 24.7 Å². The lowest BCUT2D eigenvalue weighted by Crippen LogP contribution is -2.13. The summed E-state index contributed by atoms with van der Waals surface area (Å²) in [6, 6.07) is 2.10. The van der Waals surface area contributed by atoms with Crippen molar-refractivity contribution in [2.45, 2.75) is 27.2 Å². The Bertz CT molecular complexity index is 774. The maximum absolute atomic E-state index is 5.45. The van der Waals surface area contributed by atoms with Gasteiger partial charge in [0.1, 0.15) is 16.5 Å². The van der Waals surface area contributed by atoms with Crippen molar-refractivity contribution in [1.82, 2.24) is 24.7 Å². The van der Waals surface area contributed by atoms with Gasteiger partial charge in [-0.2, -0.15) is 9.67 Å². The summed E-state index contributed by atoms with van der Waals surface area (Å²) >= 11 is 1.64. The van der Waals surface area contributed by atoms with Crippen molar-refractivity contribution < 1.29 is 0 Å². The van der Waals surface area contributed by atoms with E-state index in [4.69, 9.17) is 5.84 Å². The number of nitrogens with two attached hydrogens (primary N) is 1. The molecule has 0 saturated carbocycles. The molecule has 0 aromatic carbocycles. The number of hydrogen-bond donors (Lipinski definition) is 2. The molecule has 0 unspecified atom stereocenters. The summed E-state index contributed by atoms with van der Waals surface area (Å²) in [6.07, 6.45) is 0.960. The predicted molar refractivity (Wildman–Crippen MR) is 79.0 cm³/mol. The summed E-state index contributed by atoms with van der Waals surface area (Å²) < 4.78 is 1.73. The molecule has 0 radical (unpaired) electrons. The van der Waals surface area contributed by atoms with Gasteiger partial charge in [-0.1, -0.05) is 6.92 Å². The van der Waals surface area contributed by atoms with Crippen molar-refractivity contribution in [1.29, 1.82) is 0 Å². The summed E-state index contributed by atoms with van der Waals surface area (Å²) in [5.74, 6) is 8.04. The monoisotopic (exact) mass is 289 g/mol. The first-order valence-corrected chi connectivity index (χ1v) is 7.11. The van der Waals surface area contributed by atoms with Crippen LogP contribution in [0, 0.1) is 13.8 Å². The molecule has 0 aliphatic carbocycles. The highest BCUT2D eigenvalue weighted by Gasteiger charge is 2.15. The number of hydrogen-bond acceptors (Lipinski definition) is 7. The van der Waals surface area contributed by atoms with Crippen molar-refractivity contribution in [2.24, 2.45) is 5.84 Å². The van der Waals surface area contributed by atoms with Crippen LogP contribution in [-0.2, 0) is 6.42 Å². The molecule has 0 fully saturated rings. The molecule has 0 saturated heterocycles. The third-order valence-electron chi connectivity index (χ3n) is 2.98. The van der Waals surface area contributed by atoms with Crippen LogP contribution in [0.3, 0.4) is 0 Å². The second kappa shape index (κ2) is 4.80. The zero-order valence-electron chi connectivity index (χ0n) is 11.5. The zero-order chi connectivity index (χ0) is 14.3. The van der Waals surface area contributed by atoms with Crippen molar-refractivity contribution >= 4 is 27.5 Å². The molecule has 0 bridgehead atoms. The first-order chi connectivity index (χ1) is 9.62. The summed E-state index contributed by atoms with van der Waals surface area (Å²) in [5, 5.41) is 5.36. The van der Waals surface area contributed by atoms with E-state index < -0.39 is 0 Å². The van der Waals surface area contributed by atoms with Gasteiger partial charge in [0.15, 0.2) is 5.82 Å². The number of aromatic nitrogens is 5. The number of hydrazine groups is 1. The Kier molecular flexibility index (Phi) is 3.11. The maximum atomic E-state index is 5.45. The van der Waals surface area contributed by atoms with Gasteiger partial charge in [-0.3, -0.25) is 5.43 Å². The van der Waals surface area contributed by atoms with Crippen LogP contribution in [0.1, 0.15) is 23.4 Å². The molecule has 3 heterocycles. The Morgan fingerprint density at radius 3 is 2.70 bits per heavy atom. The number of aryl methyl sites for hydroxylation is 3.